The van der Waals surface area contributed by atoms with Crippen molar-refractivity contribution in [3.05, 3.63) is 29.8 Å². The van der Waals surface area contributed by atoms with Crippen LogP contribution in [-0.4, -0.2) is 6.61 Å². The van der Waals surface area contributed by atoms with Crippen molar-refractivity contribution in [2.45, 2.75) is 71.1 Å². The van der Waals surface area contributed by atoms with Gasteiger partial charge in [-0.3, -0.25) is 0 Å². The largest absolute Gasteiger partial charge is 0.493 e. The van der Waals surface area contributed by atoms with Gasteiger partial charge in [-0.25, -0.2) is 0 Å². The van der Waals surface area contributed by atoms with Crippen LogP contribution in [0.15, 0.2) is 24.3 Å². The predicted octanol–water partition coefficient (Wildman–Crippen LogP) is 5.94. The zero-order valence-corrected chi connectivity index (χ0v) is 14.7. The van der Waals surface area contributed by atoms with Gasteiger partial charge < -0.3 is 4.74 Å². The highest BCUT2D eigenvalue weighted by atomic mass is 16.5. The topological polar surface area (TPSA) is 9.23 Å². The first-order valence-electron chi connectivity index (χ1n) is 9.40. The van der Waals surface area contributed by atoms with Gasteiger partial charge in [0.25, 0.3) is 0 Å². The Balaban J connectivity index is 1.54. The molecule has 1 nitrogen and oxygen atoms in total. The monoisotopic (exact) mass is 310 g/mol. The molecule has 0 aliphatic heterocycles. The Morgan fingerprint density at radius 1 is 1.17 bits per heavy atom. The molecule has 2 atom stereocenters. The summed E-state index contributed by atoms with van der Waals surface area (Å²) in [7, 11) is 0. The molecule has 0 amide bonds. The van der Waals surface area contributed by atoms with E-state index in [0.29, 0.717) is 5.92 Å². The molecule has 1 aromatic rings. The highest BCUT2D eigenvalue weighted by molar-refractivity contribution is 5.33. The molecule has 2 fully saturated rings. The summed E-state index contributed by atoms with van der Waals surface area (Å²) in [6.07, 6.45) is 11.0. The highest BCUT2D eigenvalue weighted by Crippen LogP contribution is 2.56. The molecule has 0 aromatic heterocycles. The molecule has 2 aliphatic carbocycles. The molecular weight excluding hydrogens is 280 g/mol. The third-order valence-electron chi connectivity index (χ3n) is 5.74. The fourth-order valence-corrected chi connectivity index (χ4v) is 4.13. The van der Waals surface area contributed by atoms with Gasteiger partial charge >= 0.3 is 0 Å². The molecule has 0 bridgehead atoms. The van der Waals surface area contributed by atoms with Crippen molar-refractivity contribution in [1.82, 2.24) is 0 Å². The standard InChI is InChI=1S/C22H30O/c1-3-7-19(4-2)20-9-11-21(12-10-20)23-17-18-8-5-6-13-22(16-18)14-15-22/h9-12,18-19H,4-6,8,13-17H2,1-2H3/t18?,19-/m1/s1. The molecule has 0 N–H and O–H groups in total. The zero-order chi connectivity index (χ0) is 16.1. The normalized spacial score (nSPS) is 23.5. The SMILES string of the molecule is CC#C[C@@H](CC)c1ccc(OCC2CCCCC3(CC3)C2)cc1. The van der Waals surface area contributed by atoms with Crippen molar-refractivity contribution in [1.29, 1.82) is 0 Å². The van der Waals surface area contributed by atoms with Crippen LogP contribution in [-0.2, 0) is 0 Å². The number of benzene rings is 1. The van der Waals surface area contributed by atoms with E-state index in [-0.39, 0.29) is 0 Å². The first-order valence-corrected chi connectivity index (χ1v) is 9.40. The van der Waals surface area contributed by atoms with E-state index in [1.54, 1.807) is 0 Å². The second-order valence-electron chi connectivity index (χ2n) is 7.55. The van der Waals surface area contributed by atoms with E-state index in [1.807, 2.05) is 6.92 Å². The van der Waals surface area contributed by atoms with Gasteiger partial charge in [0, 0.05) is 5.92 Å². The van der Waals surface area contributed by atoms with Crippen LogP contribution in [0.5, 0.6) is 5.75 Å². The first-order chi connectivity index (χ1) is 11.2. The zero-order valence-electron chi connectivity index (χ0n) is 14.7. The summed E-state index contributed by atoms with van der Waals surface area (Å²) in [4.78, 5) is 0. The number of ether oxygens (including phenoxy) is 1. The highest BCUT2D eigenvalue weighted by Gasteiger charge is 2.44. The van der Waals surface area contributed by atoms with Crippen LogP contribution in [0.25, 0.3) is 0 Å². The van der Waals surface area contributed by atoms with Gasteiger partial charge in [0.05, 0.1) is 6.61 Å². The van der Waals surface area contributed by atoms with Gasteiger partial charge in [-0.05, 0) is 74.5 Å². The summed E-state index contributed by atoms with van der Waals surface area (Å²) in [5.41, 5.74) is 2.03. The Labute approximate surface area is 141 Å². The molecule has 2 saturated carbocycles. The van der Waals surface area contributed by atoms with Gasteiger partial charge in [-0.15, -0.1) is 5.92 Å². The molecule has 1 aromatic carbocycles. The molecule has 0 radical (unpaired) electrons. The number of hydrogen-bond acceptors (Lipinski definition) is 1. The van der Waals surface area contributed by atoms with Crippen LogP contribution in [0, 0.1) is 23.2 Å². The molecule has 124 valence electrons. The van der Waals surface area contributed by atoms with Gasteiger partial charge in [-0.2, -0.15) is 0 Å². The lowest BCUT2D eigenvalue weighted by Crippen LogP contribution is -2.15. The second-order valence-corrected chi connectivity index (χ2v) is 7.55. The van der Waals surface area contributed by atoms with E-state index in [9.17, 15) is 0 Å². The Morgan fingerprint density at radius 3 is 2.61 bits per heavy atom. The first kappa shape index (κ1) is 16.4. The molecule has 2 aliphatic rings. The summed E-state index contributed by atoms with van der Waals surface area (Å²) in [6, 6.07) is 8.62. The summed E-state index contributed by atoms with van der Waals surface area (Å²) < 4.78 is 6.11. The molecule has 0 saturated heterocycles. The van der Waals surface area contributed by atoms with Crippen LogP contribution < -0.4 is 4.74 Å². The number of rotatable bonds is 5. The van der Waals surface area contributed by atoms with E-state index in [1.165, 1.54) is 50.5 Å². The summed E-state index contributed by atoms with van der Waals surface area (Å²) in [6.45, 7) is 5.01. The molecule has 1 heteroatoms. The van der Waals surface area contributed by atoms with E-state index < -0.39 is 0 Å². The minimum Gasteiger partial charge on any atom is -0.493 e. The smallest absolute Gasteiger partial charge is 0.119 e. The minimum absolute atomic E-state index is 0.352. The van der Waals surface area contributed by atoms with Crippen molar-refractivity contribution in [3.63, 3.8) is 0 Å². The predicted molar refractivity (Wildman–Crippen MR) is 96.7 cm³/mol. The molecular formula is C22H30O. The van der Waals surface area contributed by atoms with Crippen molar-refractivity contribution >= 4 is 0 Å². The fourth-order valence-electron chi connectivity index (χ4n) is 4.13. The Bertz CT molecular complexity index is 556. The average molecular weight is 310 g/mol. The second kappa shape index (κ2) is 7.43. The van der Waals surface area contributed by atoms with Crippen LogP contribution in [0.4, 0.5) is 0 Å². The molecule has 1 unspecified atom stereocenters. The summed E-state index contributed by atoms with van der Waals surface area (Å²) in [5, 5.41) is 0. The van der Waals surface area contributed by atoms with Crippen LogP contribution in [0.2, 0.25) is 0 Å². The van der Waals surface area contributed by atoms with Gasteiger partial charge in [0.2, 0.25) is 0 Å². The van der Waals surface area contributed by atoms with Crippen LogP contribution >= 0.6 is 0 Å². The maximum Gasteiger partial charge on any atom is 0.119 e. The van der Waals surface area contributed by atoms with Crippen molar-refractivity contribution in [2.24, 2.45) is 11.3 Å². The fraction of sp³-hybridized carbons (Fsp3) is 0.636. The van der Waals surface area contributed by atoms with Gasteiger partial charge in [-0.1, -0.05) is 37.8 Å². The molecule has 1 spiro atoms. The maximum absolute atomic E-state index is 6.11. The van der Waals surface area contributed by atoms with Crippen molar-refractivity contribution in [2.75, 3.05) is 6.61 Å². The minimum atomic E-state index is 0.352. The lowest BCUT2D eigenvalue weighted by atomic mass is 9.91. The van der Waals surface area contributed by atoms with Gasteiger partial charge in [0.15, 0.2) is 0 Å². The number of hydrogen-bond donors (Lipinski definition) is 0. The summed E-state index contributed by atoms with van der Waals surface area (Å²) in [5.74, 6) is 8.45. The lowest BCUT2D eigenvalue weighted by Gasteiger charge is -2.20. The van der Waals surface area contributed by atoms with Crippen molar-refractivity contribution < 1.29 is 4.74 Å². The molecule has 23 heavy (non-hydrogen) atoms. The van der Waals surface area contributed by atoms with E-state index in [4.69, 9.17) is 4.74 Å². The van der Waals surface area contributed by atoms with E-state index in [2.05, 4.69) is 43.0 Å². The Kier molecular flexibility index (Phi) is 5.31. The third-order valence-corrected chi connectivity index (χ3v) is 5.74. The van der Waals surface area contributed by atoms with Gasteiger partial charge in [0.1, 0.15) is 5.75 Å². The maximum atomic E-state index is 6.11. The Hall–Kier alpha value is -1.42. The third kappa shape index (κ3) is 4.31. The Morgan fingerprint density at radius 2 is 1.96 bits per heavy atom. The molecule has 3 rings (SSSR count). The van der Waals surface area contributed by atoms with Crippen LogP contribution in [0.3, 0.4) is 0 Å². The summed E-state index contributed by atoms with van der Waals surface area (Å²) >= 11 is 0. The van der Waals surface area contributed by atoms with E-state index >= 15 is 0 Å². The van der Waals surface area contributed by atoms with Crippen molar-refractivity contribution in [3.8, 4) is 17.6 Å². The lowest BCUT2D eigenvalue weighted by molar-refractivity contribution is 0.213. The van der Waals surface area contributed by atoms with Crippen LogP contribution in [0.1, 0.15) is 76.7 Å². The quantitative estimate of drug-likeness (QED) is 0.611. The average Bonchev–Trinajstić information content (AvgIpc) is 3.38. The molecule has 0 heterocycles. The van der Waals surface area contributed by atoms with E-state index in [0.717, 1.165) is 30.1 Å².